The standard InChI is InChI=1S/C13H16N2O3S/c1-2-19(18)6-5-14-13(17)10-4-3-9-8-12(16)15-11(9)7-10/h3-4,7H,2,5-6,8H2,1H3,(H,14,17)(H,15,16). The highest BCUT2D eigenvalue weighted by Gasteiger charge is 2.18. The zero-order valence-electron chi connectivity index (χ0n) is 10.7. The summed E-state index contributed by atoms with van der Waals surface area (Å²) in [6.07, 6.45) is 0.368. The van der Waals surface area contributed by atoms with Crippen LogP contribution in [0.25, 0.3) is 0 Å². The molecule has 1 aliphatic heterocycles. The van der Waals surface area contributed by atoms with Crippen LogP contribution in [0.1, 0.15) is 22.8 Å². The van der Waals surface area contributed by atoms with Gasteiger partial charge in [0, 0.05) is 40.1 Å². The number of fused-ring (bicyclic) bond motifs is 1. The average molecular weight is 280 g/mol. The Morgan fingerprint density at radius 1 is 1.47 bits per heavy atom. The van der Waals surface area contributed by atoms with Crippen molar-refractivity contribution >= 4 is 28.3 Å². The first kappa shape index (κ1) is 13.7. The number of rotatable bonds is 5. The van der Waals surface area contributed by atoms with Gasteiger partial charge in [-0.15, -0.1) is 0 Å². The molecule has 1 aromatic rings. The monoisotopic (exact) mass is 280 g/mol. The van der Waals surface area contributed by atoms with Gasteiger partial charge < -0.3 is 10.6 Å². The van der Waals surface area contributed by atoms with E-state index in [0.29, 0.717) is 35.7 Å². The van der Waals surface area contributed by atoms with E-state index in [0.717, 1.165) is 5.56 Å². The lowest BCUT2D eigenvalue weighted by Crippen LogP contribution is -2.28. The summed E-state index contributed by atoms with van der Waals surface area (Å²) in [5, 5.41) is 5.43. The molecule has 2 N–H and O–H groups in total. The van der Waals surface area contributed by atoms with Gasteiger partial charge in [-0.1, -0.05) is 13.0 Å². The fourth-order valence-corrected chi connectivity index (χ4v) is 2.50. The molecule has 5 nitrogen and oxygen atoms in total. The molecule has 1 unspecified atom stereocenters. The molecule has 1 aromatic carbocycles. The van der Waals surface area contributed by atoms with E-state index in [9.17, 15) is 13.8 Å². The van der Waals surface area contributed by atoms with Gasteiger partial charge >= 0.3 is 0 Å². The van der Waals surface area contributed by atoms with Crippen molar-refractivity contribution in [3.05, 3.63) is 29.3 Å². The molecule has 0 fully saturated rings. The van der Waals surface area contributed by atoms with Gasteiger partial charge in [0.15, 0.2) is 0 Å². The molecule has 0 radical (unpaired) electrons. The maximum absolute atomic E-state index is 11.9. The van der Waals surface area contributed by atoms with E-state index in [1.807, 2.05) is 6.92 Å². The number of hydrogen-bond donors (Lipinski definition) is 2. The molecule has 0 bridgehead atoms. The second-order valence-electron chi connectivity index (χ2n) is 4.29. The van der Waals surface area contributed by atoms with E-state index in [4.69, 9.17) is 0 Å². The Morgan fingerprint density at radius 2 is 2.26 bits per heavy atom. The molecule has 0 saturated heterocycles. The van der Waals surface area contributed by atoms with Gasteiger partial charge in [0.2, 0.25) is 5.91 Å². The minimum absolute atomic E-state index is 0.0501. The van der Waals surface area contributed by atoms with Crippen LogP contribution in [0.2, 0.25) is 0 Å². The first-order chi connectivity index (χ1) is 9.10. The predicted molar refractivity (Wildman–Crippen MR) is 74.7 cm³/mol. The largest absolute Gasteiger partial charge is 0.351 e. The molecule has 1 atom stereocenters. The molecule has 0 spiro atoms. The van der Waals surface area contributed by atoms with Gasteiger partial charge in [-0.2, -0.15) is 0 Å². The fourth-order valence-electron chi connectivity index (χ4n) is 1.88. The zero-order chi connectivity index (χ0) is 13.8. The number of carbonyl (C=O) groups is 2. The number of benzene rings is 1. The Kier molecular flexibility index (Phi) is 4.31. The third-order valence-corrected chi connectivity index (χ3v) is 4.24. The van der Waals surface area contributed by atoms with E-state index in [1.165, 1.54) is 0 Å². The van der Waals surface area contributed by atoms with E-state index < -0.39 is 10.8 Å². The van der Waals surface area contributed by atoms with Gasteiger partial charge in [-0.3, -0.25) is 13.8 Å². The summed E-state index contributed by atoms with van der Waals surface area (Å²) < 4.78 is 11.2. The summed E-state index contributed by atoms with van der Waals surface area (Å²) in [4.78, 5) is 23.1. The van der Waals surface area contributed by atoms with Crippen molar-refractivity contribution in [1.82, 2.24) is 5.32 Å². The molecule has 0 aromatic heterocycles. The van der Waals surface area contributed by atoms with Crippen LogP contribution >= 0.6 is 0 Å². The SMILES string of the molecule is CCS(=O)CCNC(=O)c1ccc2c(c1)NC(=O)C2. The van der Waals surface area contributed by atoms with Crippen molar-refractivity contribution in [3.8, 4) is 0 Å². The summed E-state index contributed by atoms with van der Waals surface area (Å²) in [7, 11) is -0.876. The summed E-state index contributed by atoms with van der Waals surface area (Å²) in [5.74, 6) is 0.799. The molecular weight excluding hydrogens is 264 g/mol. The molecule has 19 heavy (non-hydrogen) atoms. The number of hydrogen-bond acceptors (Lipinski definition) is 3. The number of anilines is 1. The second kappa shape index (κ2) is 5.97. The maximum Gasteiger partial charge on any atom is 0.251 e. The van der Waals surface area contributed by atoms with Crippen molar-refractivity contribution in [3.63, 3.8) is 0 Å². The van der Waals surface area contributed by atoms with E-state index in [2.05, 4.69) is 10.6 Å². The van der Waals surface area contributed by atoms with Crippen molar-refractivity contribution in [2.45, 2.75) is 13.3 Å². The number of nitrogens with one attached hydrogen (secondary N) is 2. The minimum atomic E-state index is -0.876. The topological polar surface area (TPSA) is 75.3 Å². The van der Waals surface area contributed by atoms with Crippen LogP contribution in [0, 0.1) is 0 Å². The number of amides is 2. The molecule has 1 aliphatic rings. The van der Waals surface area contributed by atoms with Crippen LogP contribution in [-0.4, -0.2) is 34.1 Å². The normalized spacial score (nSPS) is 14.7. The molecule has 1 heterocycles. The van der Waals surface area contributed by atoms with Crippen LogP contribution in [0.3, 0.4) is 0 Å². The molecule has 2 rings (SSSR count). The van der Waals surface area contributed by atoms with Crippen molar-refractivity contribution in [2.75, 3.05) is 23.4 Å². The lowest BCUT2D eigenvalue weighted by atomic mass is 10.1. The Morgan fingerprint density at radius 3 is 3.00 bits per heavy atom. The second-order valence-corrected chi connectivity index (χ2v) is 6.15. The zero-order valence-corrected chi connectivity index (χ0v) is 11.5. The average Bonchev–Trinajstić information content (AvgIpc) is 2.77. The third-order valence-electron chi connectivity index (χ3n) is 2.93. The van der Waals surface area contributed by atoms with Crippen LogP contribution in [0.5, 0.6) is 0 Å². The summed E-state index contributed by atoms with van der Waals surface area (Å²) >= 11 is 0. The minimum Gasteiger partial charge on any atom is -0.351 e. The predicted octanol–water partition coefficient (Wildman–Crippen LogP) is 0.680. The summed E-state index contributed by atoms with van der Waals surface area (Å²) in [6.45, 7) is 2.24. The van der Waals surface area contributed by atoms with Crippen LogP contribution < -0.4 is 10.6 Å². The van der Waals surface area contributed by atoms with Crippen molar-refractivity contribution in [2.24, 2.45) is 0 Å². The first-order valence-corrected chi connectivity index (χ1v) is 7.65. The molecule has 102 valence electrons. The highest BCUT2D eigenvalue weighted by molar-refractivity contribution is 7.84. The molecular formula is C13H16N2O3S. The van der Waals surface area contributed by atoms with Gasteiger partial charge in [0.05, 0.1) is 6.42 Å². The van der Waals surface area contributed by atoms with Crippen LogP contribution in [0.4, 0.5) is 5.69 Å². The van der Waals surface area contributed by atoms with Crippen LogP contribution in [0.15, 0.2) is 18.2 Å². The smallest absolute Gasteiger partial charge is 0.251 e. The van der Waals surface area contributed by atoms with Crippen molar-refractivity contribution < 1.29 is 13.8 Å². The maximum atomic E-state index is 11.9. The molecule has 0 aliphatic carbocycles. The van der Waals surface area contributed by atoms with Gasteiger partial charge in [-0.25, -0.2) is 0 Å². The Bertz CT molecular complexity index is 543. The Balaban J connectivity index is 1.95. The van der Waals surface area contributed by atoms with Gasteiger partial charge in [0.25, 0.3) is 5.91 Å². The van der Waals surface area contributed by atoms with Crippen molar-refractivity contribution in [1.29, 1.82) is 0 Å². The molecule has 2 amide bonds. The summed E-state index contributed by atoms with van der Waals surface area (Å²) in [5.41, 5.74) is 2.12. The lowest BCUT2D eigenvalue weighted by molar-refractivity contribution is -0.115. The highest BCUT2D eigenvalue weighted by atomic mass is 32.2. The van der Waals surface area contributed by atoms with E-state index >= 15 is 0 Å². The van der Waals surface area contributed by atoms with E-state index in [1.54, 1.807) is 18.2 Å². The third kappa shape index (κ3) is 3.41. The number of carbonyl (C=O) groups excluding carboxylic acids is 2. The first-order valence-electron chi connectivity index (χ1n) is 6.16. The Labute approximate surface area is 114 Å². The summed E-state index contributed by atoms with van der Waals surface area (Å²) in [6, 6.07) is 5.16. The molecule has 0 saturated carbocycles. The molecule has 6 heteroatoms. The highest BCUT2D eigenvalue weighted by Crippen LogP contribution is 2.23. The Hall–Kier alpha value is -1.69. The van der Waals surface area contributed by atoms with Gasteiger partial charge in [0.1, 0.15) is 0 Å². The quantitative estimate of drug-likeness (QED) is 0.833. The van der Waals surface area contributed by atoms with E-state index in [-0.39, 0.29) is 11.8 Å². The fraction of sp³-hybridized carbons (Fsp3) is 0.385. The lowest BCUT2D eigenvalue weighted by Gasteiger charge is -2.06. The van der Waals surface area contributed by atoms with Gasteiger partial charge in [-0.05, 0) is 17.7 Å². The van der Waals surface area contributed by atoms with Crippen LogP contribution in [-0.2, 0) is 22.0 Å².